The molecule has 3 aromatic rings. The van der Waals surface area contributed by atoms with Gasteiger partial charge in [0.1, 0.15) is 12.2 Å². The van der Waals surface area contributed by atoms with Gasteiger partial charge in [-0.1, -0.05) is 11.8 Å². The molecule has 4 rings (SSSR count). The number of aromatic amines is 1. The van der Waals surface area contributed by atoms with Gasteiger partial charge in [0.15, 0.2) is 16.8 Å². The van der Waals surface area contributed by atoms with Gasteiger partial charge in [0.2, 0.25) is 0 Å². The molecule has 0 saturated carbocycles. The van der Waals surface area contributed by atoms with Gasteiger partial charge in [-0.05, 0) is 31.0 Å². The molecular weight excluding hydrogens is 445 g/mol. The van der Waals surface area contributed by atoms with Crippen LogP contribution in [0, 0.1) is 0 Å². The Morgan fingerprint density at radius 3 is 2.53 bits per heavy atom. The molecule has 1 aliphatic rings. The summed E-state index contributed by atoms with van der Waals surface area (Å²) in [5.41, 5.74) is 1.04. The Kier molecular flexibility index (Phi) is 6.31. The topological polar surface area (TPSA) is 96.8 Å². The molecule has 32 heavy (non-hydrogen) atoms. The molecule has 0 atom stereocenters. The summed E-state index contributed by atoms with van der Waals surface area (Å²) in [4.78, 5) is 33.4. The molecular formula is C20H19F3N6O2S. The lowest BCUT2D eigenvalue weighted by Gasteiger charge is -2.13. The largest absolute Gasteiger partial charge is 0.406 e. The Hall–Kier alpha value is -3.15. The third-order valence-electron chi connectivity index (χ3n) is 4.95. The average Bonchev–Trinajstić information content (AvgIpc) is 3.52. The second-order valence-corrected chi connectivity index (χ2v) is 8.20. The number of likely N-dealkylation sites (tertiary alicyclic amines) is 1. The van der Waals surface area contributed by atoms with Crippen molar-refractivity contribution in [2.75, 3.05) is 18.8 Å². The van der Waals surface area contributed by atoms with Crippen LogP contribution in [0.3, 0.4) is 0 Å². The second-order valence-electron chi connectivity index (χ2n) is 7.26. The van der Waals surface area contributed by atoms with Gasteiger partial charge in [-0.25, -0.2) is 0 Å². The first-order chi connectivity index (χ1) is 15.3. The number of aromatic nitrogens is 5. The number of thioether (sulfide) groups is 1. The van der Waals surface area contributed by atoms with E-state index in [-0.39, 0.29) is 34.0 Å². The van der Waals surface area contributed by atoms with Crippen molar-refractivity contribution in [2.45, 2.75) is 30.7 Å². The van der Waals surface area contributed by atoms with Crippen LogP contribution in [0.25, 0.3) is 11.4 Å². The van der Waals surface area contributed by atoms with E-state index < -0.39 is 12.7 Å². The van der Waals surface area contributed by atoms with Crippen LogP contribution in [0.15, 0.2) is 41.9 Å². The fourth-order valence-corrected chi connectivity index (χ4v) is 4.25. The number of carbonyl (C=O) groups is 2. The first-order valence-corrected chi connectivity index (χ1v) is 10.8. The quantitative estimate of drug-likeness (QED) is 0.425. The molecule has 1 N–H and O–H groups in total. The molecule has 0 spiro atoms. The van der Waals surface area contributed by atoms with Crippen LogP contribution in [0.2, 0.25) is 0 Å². The van der Waals surface area contributed by atoms with E-state index in [0.29, 0.717) is 24.3 Å². The zero-order chi connectivity index (χ0) is 22.7. The molecule has 0 aromatic carbocycles. The van der Waals surface area contributed by atoms with Crippen molar-refractivity contribution >= 4 is 23.5 Å². The standard InChI is InChI=1S/C20H19F3N6O2S/c21-20(22,23)12-29-17(13-3-5-24-6-4-13)26-27-19(29)32-11-16(30)14-9-15(25-10-14)18(31)28-7-1-2-8-28/h3-6,9-10,25H,1-2,7-8,11-12H2. The van der Waals surface area contributed by atoms with E-state index in [2.05, 4.69) is 20.2 Å². The van der Waals surface area contributed by atoms with Crippen LogP contribution < -0.4 is 0 Å². The van der Waals surface area contributed by atoms with Gasteiger partial charge in [0.25, 0.3) is 5.91 Å². The number of pyridine rings is 1. The molecule has 1 aliphatic heterocycles. The molecule has 1 saturated heterocycles. The van der Waals surface area contributed by atoms with Gasteiger partial charge in [0, 0.05) is 42.8 Å². The molecule has 0 bridgehead atoms. The summed E-state index contributed by atoms with van der Waals surface area (Å²) >= 11 is 0.864. The number of nitrogens with one attached hydrogen (secondary N) is 1. The fraction of sp³-hybridized carbons (Fsp3) is 0.350. The molecule has 0 radical (unpaired) electrons. The normalized spacial score (nSPS) is 14.2. The van der Waals surface area contributed by atoms with Crippen LogP contribution in [0.5, 0.6) is 0 Å². The zero-order valence-corrected chi connectivity index (χ0v) is 17.6. The van der Waals surface area contributed by atoms with Crippen molar-refractivity contribution in [3.8, 4) is 11.4 Å². The lowest BCUT2D eigenvalue weighted by atomic mass is 10.2. The molecule has 0 aliphatic carbocycles. The van der Waals surface area contributed by atoms with Crippen LogP contribution >= 0.6 is 11.8 Å². The highest BCUT2D eigenvalue weighted by Gasteiger charge is 2.32. The van der Waals surface area contributed by atoms with Crippen molar-refractivity contribution in [3.63, 3.8) is 0 Å². The second kappa shape index (κ2) is 9.15. The predicted molar refractivity (Wildman–Crippen MR) is 110 cm³/mol. The Labute approximate surface area is 185 Å². The number of hydrogen-bond donors (Lipinski definition) is 1. The summed E-state index contributed by atoms with van der Waals surface area (Å²) in [5, 5.41) is 7.73. The van der Waals surface area contributed by atoms with Gasteiger partial charge in [-0.3, -0.25) is 19.1 Å². The number of carbonyl (C=O) groups excluding carboxylic acids is 2. The van der Waals surface area contributed by atoms with E-state index in [1.165, 1.54) is 36.8 Å². The van der Waals surface area contributed by atoms with Crippen molar-refractivity contribution < 1.29 is 22.8 Å². The summed E-state index contributed by atoms with van der Waals surface area (Å²) < 4.78 is 40.4. The first kappa shape index (κ1) is 22.1. The Morgan fingerprint density at radius 2 is 1.84 bits per heavy atom. The maximum absolute atomic E-state index is 13.2. The van der Waals surface area contributed by atoms with E-state index in [4.69, 9.17) is 0 Å². The van der Waals surface area contributed by atoms with Crippen molar-refractivity contribution in [3.05, 3.63) is 48.0 Å². The highest BCUT2D eigenvalue weighted by molar-refractivity contribution is 7.99. The minimum absolute atomic E-state index is 0.0219. The lowest BCUT2D eigenvalue weighted by molar-refractivity contribution is -0.141. The molecule has 4 heterocycles. The van der Waals surface area contributed by atoms with Gasteiger partial charge < -0.3 is 9.88 Å². The van der Waals surface area contributed by atoms with Crippen LogP contribution in [0.4, 0.5) is 13.2 Å². The third kappa shape index (κ3) is 5.01. The molecule has 0 unspecified atom stereocenters. The Balaban J connectivity index is 1.48. The van der Waals surface area contributed by atoms with E-state index >= 15 is 0 Å². The number of rotatable bonds is 7. The van der Waals surface area contributed by atoms with E-state index in [9.17, 15) is 22.8 Å². The zero-order valence-electron chi connectivity index (χ0n) is 16.8. The SMILES string of the molecule is O=C(CSc1nnc(-c2ccncc2)n1CC(F)(F)F)c1c[nH]c(C(=O)N2CCCC2)c1. The number of Topliss-reactive ketones (excluding diaryl/α,β-unsaturated/α-hetero) is 1. The maximum Gasteiger partial charge on any atom is 0.406 e. The number of ketones is 1. The molecule has 12 heteroatoms. The first-order valence-electron chi connectivity index (χ1n) is 9.86. The summed E-state index contributed by atoms with van der Waals surface area (Å²) in [6.07, 6.45) is 1.75. The molecule has 168 valence electrons. The number of H-pyrrole nitrogens is 1. The van der Waals surface area contributed by atoms with Crippen molar-refractivity contribution in [2.24, 2.45) is 0 Å². The number of alkyl halides is 3. The van der Waals surface area contributed by atoms with Gasteiger partial charge in [-0.15, -0.1) is 10.2 Å². The van der Waals surface area contributed by atoms with E-state index in [1.807, 2.05) is 0 Å². The van der Waals surface area contributed by atoms with Gasteiger partial charge in [-0.2, -0.15) is 13.2 Å². The maximum atomic E-state index is 13.2. The van der Waals surface area contributed by atoms with E-state index in [0.717, 1.165) is 29.2 Å². The number of halogens is 3. The minimum atomic E-state index is -4.49. The predicted octanol–water partition coefficient (Wildman–Crippen LogP) is 3.44. The number of nitrogens with zero attached hydrogens (tertiary/aromatic N) is 5. The molecule has 1 amide bonds. The third-order valence-corrected chi connectivity index (χ3v) is 5.92. The summed E-state index contributed by atoms with van der Waals surface area (Å²) in [7, 11) is 0. The smallest absolute Gasteiger partial charge is 0.356 e. The van der Waals surface area contributed by atoms with Crippen LogP contribution in [-0.4, -0.2) is 66.3 Å². The lowest BCUT2D eigenvalue weighted by Crippen LogP contribution is -2.27. The number of hydrogen-bond acceptors (Lipinski definition) is 6. The Bertz CT molecular complexity index is 1110. The Morgan fingerprint density at radius 1 is 1.12 bits per heavy atom. The van der Waals surface area contributed by atoms with Crippen molar-refractivity contribution in [1.82, 2.24) is 29.6 Å². The summed E-state index contributed by atoms with van der Waals surface area (Å²) in [6, 6.07) is 4.55. The average molecular weight is 464 g/mol. The minimum Gasteiger partial charge on any atom is -0.356 e. The molecule has 1 fully saturated rings. The van der Waals surface area contributed by atoms with E-state index in [1.54, 1.807) is 4.90 Å². The summed E-state index contributed by atoms with van der Waals surface area (Å²) in [6.45, 7) is 0.0874. The van der Waals surface area contributed by atoms with Crippen molar-refractivity contribution in [1.29, 1.82) is 0 Å². The van der Waals surface area contributed by atoms with Crippen LogP contribution in [0.1, 0.15) is 33.7 Å². The fourth-order valence-electron chi connectivity index (χ4n) is 3.41. The van der Waals surface area contributed by atoms with Gasteiger partial charge in [0.05, 0.1) is 5.75 Å². The van der Waals surface area contributed by atoms with Crippen LogP contribution in [-0.2, 0) is 6.54 Å². The highest BCUT2D eigenvalue weighted by atomic mass is 32.2. The number of amides is 1. The molecule has 3 aromatic heterocycles. The molecule has 8 nitrogen and oxygen atoms in total. The summed E-state index contributed by atoms with van der Waals surface area (Å²) in [5.74, 6) is -0.610. The monoisotopic (exact) mass is 464 g/mol. The highest BCUT2D eigenvalue weighted by Crippen LogP contribution is 2.28. The van der Waals surface area contributed by atoms with Gasteiger partial charge >= 0.3 is 6.18 Å².